The molecule has 0 heterocycles. The van der Waals surface area contributed by atoms with Crippen molar-refractivity contribution in [2.75, 3.05) is 14.1 Å². The Morgan fingerprint density at radius 3 is 1.60 bits per heavy atom. The summed E-state index contributed by atoms with van der Waals surface area (Å²) in [5, 5.41) is 13.9. The monoisotopic (exact) mass is 175 g/mol. The van der Waals surface area contributed by atoms with E-state index in [1.807, 2.05) is 0 Å². The van der Waals surface area contributed by atoms with Crippen molar-refractivity contribution in [3.8, 4) is 0 Å². The molecule has 0 aliphatic rings. The second-order valence-corrected chi connectivity index (χ2v) is 1.35. The van der Waals surface area contributed by atoms with Crippen LogP contribution in [0.1, 0.15) is 1.43 Å². The van der Waals surface area contributed by atoms with Crippen LogP contribution in [0.3, 0.4) is 0 Å². The van der Waals surface area contributed by atoms with Crippen LogP contribution in [0.4, 0.5) is 4.79 Å². The first-order valence-corrected chi connectivity index (χ1v) is 2.04. The average molecular weight is 175 g/mol. The molecule has 0 bridgehead atoms. The Kier molecular flexibility index (Phi) is 20.3. The summed E-state index contributed by atoms with van der Waals surface area (Å²) in [5.41, 5.74) is 0. The maximum atomic E-state index is 9.43. The van der Waals surface area contributed by atoms with Gasteiger partial charge in [0.05, 0.1) is 0 Å². The molecule has 1 amide bonds. The third-order valence-corrected chi connectivity index (χ3v) is 0.211. The molecule has 0 aromatic carbocycles. The molecule has 5 nitrogen and oxygen atoms in total. The molecule has 10 heavy (non-hydrogen) atoms. The topological polar surface area (TPSA) is 77.8 Å². The summed E-state index contributed by atoms with van der Waals surface area (Å²) >= 11 is 0. The van der Waals surface area contributed by atoms with Gasteiger partial charge in [-0.2, -0.15) is 0 Å². The van der Waals surface area contributed by atoms with Crippen LogP contribution >= 0.6 is 0 Å². The summed E-state index contributed by atoms with van der Waals surface area (Å²) in [6, 6.07) is 0. The Morgan fingerprint density at radius 2 is 1.60 bits per heavy atom. The van der Waals surface area contributed by atoms with Gasteiger partial charge in [0, 0.05) is 14.1 Å². The Hall–Kier alpha value is 0.376. The normalized spacial score (nSPS) is 5.80. The summed E-state index contributed by atoms with van der Waals surface area (Å²) in [6.07, 6.45) is -1.08. The summed E-state index contributed by atoms with van der Waals surface area (Å²) < 4.78 is 0. The van der Waals surface area contributed by atoms with Crippen LogP contribution in [-0.2, 0) is 4.79 Å². The molecule has 0 fully saturated rings. The SMILES string of the molecule is CN(C)C=O.O=C(O)O.[H-].[K+]. The van der Waals surface area contributed by atoms with Crippen molar-refractivity contribution < 1.29 is 72.6 Å². The molecule has 0 aliphatic heterocycles. The second kappa shape index (κ2) is 12.1. The maximum Gasteiger partial charge on any atom is 1.00 e. The predicted octanol–water partition coefficient (Wildman–Crippen LogP) is -2.96. The zero-order valence-corrected chi connectivity index (χ0v) is 9.36. The van der Waals surface area contributed by atoms with E-state index < -0.39 is 6.16 Å². The Bertz CT molecular complexity index is 96.1. The third kappa shape index (κ3) is 80.7. The molecule has 0 rings (SSSR count). The molecular formula is C4H10KNO4. The average Bonchev–Trinajstić information content (AvgIpc) is 1.65. The predicted molar refractivity (Wildman–Crippen MR) is 31.5 cm³/mol. The quantitative estimate of drug-likeness (QED) is 0.330. The number of nitrogens with zero attached hydrogens (tertiary/aromatic N) is 1. The van der Waals surface area contributed by atoms with Crippen LogP contribution in [0.2, 0.25) is 0 Å². The van der Waals surface area contributed by atoms with Crippen molar-refractivity contribution >= 4 is 12.6 Å². The first-order valence-electron chi connectivity index (χ1n) is 2.04. The fourth-order valence-electron chi connectivity index (χ4n) is 0. The third-order valence-electron chi connectivity index (χ3n) is 0.211. The van der Waals surface area contributed by atoms with Crippen molar-refractivity contribution in [3.63, 3.8) is 0 Å². The van der Waals surface area contributed by atoms with Crippen LogP contribution < -0.4 is 51.4 Å². The number of rotatable bonds is 1. The molecule has 0 aliphatic carbocycles. The zero-order valence-electron chi connectivity index (χ0n) is 7.24. The van der Waals surface area contributed by atoms with E-state index in [1.165, 1.54) is 4.90 Å². The van der Waals surface area contributed by atoms with Gasteiger partial charge in [-0.1, -0.05) is 0 Å². The van der Waals surface area contributed by atoms with Gasteiger partial charge in [-0.05, 0) is 0 Å². The van der Waals surface area contributed by atoms with Crippen molar-refractivity contribution in [1.29, 1.82) is 0 Å². The van der Waals surface area contributed by atoms with Crippen LogP contribution in [0.5, 0.6) is 0 Å². The molecule has 0 radical (unpaired) electrons. The first-order chi connectivity index (χ1) is 4.00. The van der Waals surface area contributed by atoms with Crippen LogP contribution in [0.25, 0.3) is 0 Å². The molecule has 0 unspecified atom stereocenters. The van der Waals surface area contributed by atoms with E-state index in [0.29, 0.717) is 0 Å². The van der Waals surface area contributed by atoms with Crippen LogP contribution in [0, 0.1) is 0 Å². The van der Waals surface area contributed by atoms with E-state index in [0.717, 1.165) is 6.41 Å². The van der Waals surface area contributed by atoms with Gasteiger partial charge in [0.2, 0.25) is 6.41 Å². The molecule has 0 saturated heterocycles. The molecule has 0 aromatic heterocycles. The van der Waals surface area contributed by atoms with Crippen LogP contribution in [0.15, 0.2) is 0 Å². The zero-order chi connectivity index (χ0) is 7.86. The number of carbonyl (C=O) groups is 2. The standard InChI is InChI=1S/C3H7NO.CH2O3.K.H/c1-4(2)3-5;2-1(3)4;;/h3H,1-2H3;(H2,2,3,4);;/q;;+1;-1. The Labute approximate surface area is 103 Å². The van der Waals surface area contributed by atoms with Crippen molar-refractivity contribution in [1.82, 2.24) is 4.90 Å². The van der Waals surface area contributed by atoms with Gasteiger partial charge in [0.15, 0.2) is 0 Å². The summed E-state index contributed by atoms with van der Waals surface area (Å²) in [5.74, 6) is 0. The maximum absolute atomic E-state index is 9.43. The smallest absolute Gasteiger partial charge is 1.00 e. The molecule has 56 valence electrons. The Morgan fingerprint density at radius 1 is 1.50 bits per heavy atom. The van der Waals surface area contributed by atoms with Gasteiger partial charge in [0.25, 0.3) is 0 Å². The second-order valence-electron chi connectivity index (χ2n) is 1.35. The number of carboxylic acid groups (broad SMARTS) is 2. The minimum Gasteiger partial charge on any atom is -1.00 e. The minimum absolute atomic E-state index is 0. The summed E-state index contributed by atoms with van der Waals surface area (Å²) in [7, 11) is 3.38. The number of amides is 1. The van der Waals surface area contributed by atoms with Gasteiger partial charge in [-0.15, -0.1) is 0 Å². The summed E-state index contributed by atoms with van der Waals surface area (Å²) in [6.45, 7) is 0. The number of carbonyl (C=O) groups excluding carboxylic acids is 1. The van der Waals surface area contributed by atoms with Gasteiger partial charge < -0.3 is 16.5 Å². The Balaban J connectivity index is -0.0000000383. The van der Waals surface area contributed by atoms with Crippen molar-refractivity contribution in [2.45, 2.75) is 0 Å². The van der Waals surface area contributed by atoms with Crippen molar-refractivity contribution in [3.05, 3.63) is 0 Å². The molecule has 2 N–H and O–H groups in total. The number of hydrogen-bond acceptors (Lipinski definition) is 2. The molecule has 6 heteroatoms. The van der Waals surface area contributed by atoms with Gasteiger partial charge in [-0.3, -0.25) is 4.79 Å². The molecule has 0 aromatic rings. The van der Waals surface area contributed by atoms with Gasteiger partial charge in [-0.25, -0.2) is 4.79 Å². The minimum atomic E-state index is -1.83. The van der Waals surface area contributed by atoms with Crippen molar-refractivity contribution in [2.24, 2.45) is 0 Å². The van der Waals surface area contributed by atoms with E-state index >= 15 is 0 Å². The van der Waals surface area contributed by atoms with E-state index in [9.17, 15) is 4.79 Å². The first kappa shape index (κ1) is 16.8. The summed E-state index contributed by atoms with van der Waals surface area (Å²) in [4.78, 5) is 19.4. The molecule has 0 spiro atoms. The number of hydrogen-bond donors (Lipinski definition) is 2. The van der Waals surface area contributed by atoms with Gasteiger partial charge >= 0.3 is 57.5 Å². The van der Waals surface area contributed by atoms with E-state index in [-0.39, 0.29) is 52.8 Å². The molecule has 0 atom stereocenters. The van der Waals surface area contributed by atoms with E-state index in [2.05, 4.69) is 0 Å². The molecular weight excluding hydrogens is 165 g/mol. The van der Waals surface area contributed by atoms with Crippen LogP contribution in [-0.4, -0.2) is 41.8 Å². The van der Waals surface area contributed by atoms with E-state index in [1.54, 1.807) is 14.1 Å². The molecule has 0 saturated carbocycles. The fraction of sp³-hybridized carbons (Fsp3) is 0.500. The fourth-order valence-corrected chi connectivity index (χ4v) is 0. The van der Waals surface area contributed by atoms with Gasteiger partial charge in [0.1, 0.15) is 0 Å². The van der Waals surface area contributed by atoms with E-state index in [4.69, 9.17) is 15.0 Å². The largest absolute Gasteiger partial charge is 1.00 e.